The number of piperidine rings is 1. The monoisotopic (exact) mass is 485 g/mol. The zero-order valence-electron chi connectivity index (χ0n) is 19.6. The lowest BCUT2D eigenvalue weighted by molar-refractivity contribution is -0.125. The van der Waals surface area contributed by atoms with Crippen LogP contribution in [0.1, 0.15) is 18.5 Å². The summed E-state index contributed by atoms with van der Waals surface area (Å²) in [6.45, 7) is 2.00. The number of methoxy groups -OCH3 is 1. The number of nitrogens with zero attached hydrogens (tertiary/aromatic N) is 4. The van der Waals surface area contributed by atoms with Crippen LogP contribution in [0, 0.1) is 5.92 Å². The Balaban J connectivity index is 1.13. The van der Waals surface area contributed by atoms with Crippen molar-refractivity contribution >= 4 is 23.1 Å². The van der Waals surface area contributed by atoms with Crippen molar-refractivity contribution in [2.75, 3.05) is 25.1 Å². The summed E-state index contributed by atoms with van der Waals surface area (Å²) in [7, 11) is 1.65. The molecule has 0 radical (unpaired) electrons. The summed E-state index contributed by atoms with van der Waals surface area (Å²) in [6, 6.07) is 21.8. The molecule has 178 valence electrons. The molecular weight excluding hydrogens is 458 g/mol. The van der Waals surface area contributed by atoms with E-state index in [2.05, 4.69) is 25.4 Å². The van der Waals surface area contributed by atoms with E-state index >= 15 is 0 Å². The summed E-state index contributed by atoms with van der Waals surface area (Å²) in [4.78, 5) is 19.6. The van der Waals surface area contributed by atoms with Crippen molar-refractivity contribution in [1.29, 1.82) is 0 Å². The number of thiazole rings is 1. The number of nitrogens with one attached hydrogen (secondary N) is 1. The highest BCUT2D eigenvalue weighted by atomic mass is 32.1. The van der Waals surface area contributed by atoms with Crippen LogP contribution in [0.5, 0.6) is 5.75 Å². The minimum atomic E-state index is -0.000656. The fourth-order valence-corrected chi connectivity index (χ4v) is 5.11. The molecule has 1 saturated heterocycles. The molecule has 0 bridgehead atoms. The van der Waals surface area contributed by atoms with Crippen molar-refractivity contribution in [1.82, 2.24) is 20.5 Å². The van der Waals surface area contributed by atoms with Crippen LogP contribution in [0.3, 0.4) is 0 Å². The Hall–Kier alpha value is -3.78. The predicted molar refractivity (Wildman–Crippen MR) is 138 cm³/mol. The van der Waals surface area contributed by atoms with E-state index < -0.39 is 0 Å². The van der Waals surface area contributed by atoms with Crippen LogP contribution in [-0.2, 0) is 11.3 Å². The third kappa shape index (κ3) is 5.33. The van der Waals surface area contributed by atoms with Gasteiger partial charge < -0.3 is 15.0 Å². The first kappa shape index (κ1) is 23.0. The van der Waals surface area contributed by atoms with E-state index in [9.17, 15) is 4.79 Å². The topological polar surface area (TPSA) is 80.2 Å². The highest BCUT2D eigenvalue weighted by molar-refractivity contribution is 7.13. The number of benzene rings is 2. The fraction of sp³-hybridized carbons (Fsp3) is 0.259. The van der Waals surface area contributed by atoms with Gasteiger partial charge in [-0.25, -0.2) is 4.98 Å². The van der Waals surface area contributed by atoms with Gasteiger partial charge in [0.25, 0.3) is 0 Å². The molecule has 4 aromatic rings. The van der Waals surface area contributed by atoms with Crippen LogP contribution >= 0.6 is 11.3 Å². The van der Waals surface area contributed by atoms with Crippen molar-refractivity contribution in [2.24, 2.45) is 5.92 Å². The highest BCUT2D eigenvalue weighted by Crippen LogP contribution is 2.29. The molecule has 0 aliphatic carbocycles. The number of carbonyl (C=O) groups is 1. The molecule has 2 aromatic carbocycles. The van der Waals surface area contributed by atoms with E-state index in [1.165, 1.54) is 0 Å². The molecule has 0 spiro atoms. The molecule has 1 aliphatic heterocycles. The van der Waals surface area contributed by atoms with Crippen LogP contribution in [-0.4, -0.2) is 41.3 Å². The van der Waals surface area contributed by atoms with Crippen LogP contribution in [0.15, 0.2) is 72.1 Å². The van der Waals surface area contributed by atoms with Gasteiger partial charge in [0.05, 0.1) is 25.0 Å². The molecule has 1 fully saturated rings. The number of aromatic nitrogens is 3. The molecule has 7 nitrogen and oxygen atoms in total. The molecule has 0 atom stereocenters. The number of amides is 1. The molecule has 1 amide bonds. The number of ether oxygens (including phenoxy) is 1. The number of anilines is 1. The van der Waals surface area contributed by atoms with Gasteiger partial charge >= 0.3 is 0 Å². The van der Waals surface area contributed by atoms with Crippen LogP contribution in [0.25, 0.3) is 21.8 Å². The summed E-state index contributed by atoms with van der Waals surface area (Å²) in [5.74, 6) is 1.70. The second-order valence-corrected chi connectivity index (χ2v) is 9.32. The maximum absolute atomic E-state index is 12.8. The van der Waals surface area contributed by atoms with Crippen molar-refractivity contribution in [3.63, 3.8) is 0 Å². The zero-order chi connectivity index (χ0) is 24.0. The van der Waals surface area contributed by atoms with E-state index in [-0.39, 0.29) is 11.8 Å². The maximum Gasteiger partial charge on any atom is 0.223 e. The second kappa shape index (κ2) is 10.7. The highest BCUT2D eigenvalue weighted by Gasteiger charge is 2.26. The smallest absolute Gasteiger partial charge is 0.223 e. The summed E-state index contributed by atoms with van der Waals surface area (Å²) < 4.78 is 5.43. The quantitative estimate of drug-likeness (QED) is 0.405. The lowest BCUT2D eigenvalue weighted by atomic mass is 9.96. The Labute approximate surface area is 208 Å². The maximum atomic E-state index is 12.8. The average molecular weight is 486 g/mol. The molecule has 1 aliphatic rings. The molecule has 3 heterocycles. The molecule has 35 heavy (non-hydrogen) atoms. The third-order valence-corrected chi connectivity index (χ3v) is 7.18. The molecule has 0 saturated carbocycles. The van der Waals surface area contributed by atoms with Crippen molar-refractivity contribution in [2.45, 2.75) is 19.4 Å². The Kier molecular flexibility index (Phi) is 6.99. The Morgan fingerprint density at radius 3 is 2.54 bits per heavy atom. The number of carbonyl (C=O) groups excluding carboxylic acids is 1. The van der Waals surface area contributed by atoms with Gasteiger partial charge in [-0.3, -0.25) is 4.79 Å². The van der Waals surface area contributed by atoms with Gasteiger partial charge in [-0.1, -0.05) is 42.5 Å². The Morgan fingerprint density at radius 1 is 1.03 bits per heavy atom. The normalized spacial score (nSPS) is 14.0. The van der Waals surface area contributed by atoms with E-state index in [1.54, 1.807) is 18.4 Å². The van der Waals surface area contributed by atoms with E-state index in [0.29, 0.717) is 6.54 Å². The minimum absolute atomic E-state index is 0.000656. The summed E-state index contributed by atoms with van der Waals surface area (Å²) >= 11 is 1.60. The first-order valence-corrected chi connectivity index (χ1v) is 12.6. The van der Waals surface area contributed by atoms with E-state index in [0.717, 1.165) is 65.0 Å². The molecule has 8 heteroatoms. The Morgan fingerprint density at radius 2 is 1.80 bits per heavy atom. The third-order valence-electron chi connectivity index (χ3n) is 6.24. The minimum Gasteiger partial charge on any atom is -0.496 e. The zero-order valence-corrected chi connectivity index (χ0v) is 20.4. The molecule has 1 N–H and O–H groups in total. The average Bonchev–Trinajstić information content (AvgIpc) is 3.41. The van der Waals surface area contributed by atoms with Crippen molar-refractivity contribution < 1.29 is 9.53 Å². The lowest BCUT2D eigenvalue weighted by Crippen LogP contribution is -2.40. The summed E-state index contributed by atoms with van der Waals surface area (Å²) in [5, 5.41) is 14.9. The van der Waals surface area contributed by atoms with Crippen LogP contribution in [0.2, 0.25) is 0 Å². The number of rotatable bonds is 7. The SMILES string of the molecule is COc1ccccc1-c1ccc(N2CCC(C(=O)NCc3csc(-c4ccccc4)n3)CC2)nn1. The number of para-hydroxylation sites is 1. The first-order valence-electron chi connectivity index (χ1n) is 11.7. The van der Waals surface area contributed by atoms with Crippen molar-refractivity contribution in [3.05, 3.63) is 77.8 Å². The molecule has 5 rings (SSSR count). The van der Waals surface area contributed by atoms with Crippen molar-refractivity contribution in [3.8, 4) is 27.6 Å². The largest absolute Gasteiger partial charge is 0.496 e. The van der Waals surface area contributed by atoms with Gasteiger partial charge in [0.2, 0.25) is 5.91 Å². The Bertz CT molecular complexity index is 1270. The standard InChI is InChI=1S/C27H27N5O2S/c1-34-24-10-6-5-9-22(24)23-11-12-25(31-30-23)32-15-13-19(14-16-32)26(33)28-17-21-18-35-27(29-21)20-7-3-2-4-8-20/h2-12,18-19H,13-17H2,1H3,(H,28,33). The molecular formula is C27H27N5O2S. The van der Waals surface area contributed by atoms with E-state index in [1.807, 2.05) is 72.1 Å². The van der Waals surface area contributed by atoms with Gasteiger partial charge in [0.1, 0.15) is 10.8 Å². The first-order chi connectivity index (χ1) is 17.2. The van der Waals surface area contributed by atoms with Gasteiger partial charge in [-0.2, -0.15) is 0 Å². The lowest BCUT2D eigenvalue weighted by Gasteiger charge is -2.31. The fourth-order valence-electron chi connectivity index (χ4n) is 4.29. The number of hydrogen-bond acceptors (Lipinski definition) is 7. The second-order valence-electron chi connectivity index (χ2n) is 8.47. The number of hydrogen-bond donors (Lipinski definition) is 1. The predicted octanol–water partition coefficient (Wildman–Crippen LogP) is 4.81. The molecule has 0 unspecified atom stereocenters. The van der Waals surface area contributed by atoms with Gasteiger partial charge in [0, 0.05) is 35.5 Å². The molecule has 2 aromatic heterocycles. The van der Waals surface area contributed by atoms with Gasteiger partial charge in [-0.05, 0) is 37.1 Å². The van der Waals surface area contributed by atoms with E-state index in [4.69, 9.17) is 4.74 Å². The van der Waals surface area contributed by atoms with Crippen LogP contribution in [0.4, 0.5) is 5.82 Å². The summed E-state index contributed by atoms with van der Waals surface area (Å²) in [6.07, 6.45) is 1.57. The van der Waals surface area contributed by atoms with Crippen LogP contribution < -0.4 is 15.0 Å². The van der Waals surface area contributed by atoms with Gasteiger partial charge in [0.15, 0.2) is 5.82 Å². The van der Waals surface area contributed by atoms with Gasteiger partial charge in [-0.15, -0.1) is 21.5 Å². The summed E-state index contributed by atoms with van der Waals surface area (Å²) in [5.41, 5.74) is 3.69.